The fourth-order valence-electron chi connectivity index (χ4n) is 3.16. The number of non-ortho nitro benzene ring substituents is 1. The molecule has 0 atom stereocenters. The Morgan fingerprint density at radius 3 is 2.13 bits per heavy atom. The molecular formula is C24H18N4O3. The lowest BCUT2D eigenvalue weighted by Crippen LogP contribution is -2.18. The summed E-state index contributed by atoms with van der Waals surface area (Å²) in [6, 6.07) is 27.2. The molecule has 1 amide bonds. The number of hydrazone groups is 1. The molecule has 0 radical (unpaired) electrons. The van der Waals surface area contributed by atoms with Gasteiger partial charge >= 0.3 is 0 Å². The van der Waals surface area contributed by atoms with E-state index in [0.717, 1.165) is 22.4 Å². The van der Waals surface area contributed by atoms with E-state index in [1.165, 1.54) is 18.3 Å². The lowest BCUT2D eigenvalue weighted by molar-refractivity contribution is -0.384. The Kier molecular flexibility index (Phi) is 5.66. The summed E-state index contributed by atoms with van der Waals surface area (Å²) in [6.45, 7) is 0. The zero-order chi connectivity index (χ0) is 21.6. The van der Waals surface area contributed by atoms with Crippen LogP contribution in [0.3, 0.4) is 0 Å². The summed E-state index contributed by atoms with van der Waals surface area (Å²) < 4.78 is 0. The molecule has 4 rings (SSSR count). The molecule has 7 nitrogen and oxygen atoms in total. The molecule has 0 bridgehead atoms. The monoisotopic (exact) mass is 410 g/mol. The van der Waals surface area contributed by atoms with E-state index in [-0.39, 0.29) is 11.6 Å². The SMILES string of the molecule is O=C(NN=Cc1ccc([N+](=O)[O-])cc1)c1[nH]c(-c2ccccc2)cc1-c1ccccc1. The van der Waals surface area contributed by atoms with Crippen molar-refractivity contribution < 1.29 is 9.72 Å². The van der Waals surface area contributed by atoms with Gasteiger partial charge in [0.2, 0.25) is 0 Å². The molecule has 4 aromatic rings. The first-order valence-electron chi connectivity index (χ1n) is 9.53. The second-order valence-corrected chi connectivity index (χ2v) is 6.75. The largest absolute Gasteiger partial charge is 0.350 e. The first-order valence-corrected chi connectivity index (χ1v) is 9.53. The smallest absolute Gasteiger partial charge is 0.288 e. The van der Waals surface area contributed by atoms with E-state index in [1.54, 1.807) is 12.1 Å². The van der Waals surface area contributed by atoms with Crippen molar-refractivity contribution in [1.29, 1.82) is 0 Å². The van der Waals surface area contributed by atoms with Crippen LogP contribution in [0.1, 0.15) is 16.1 Å². The quantitative estimate of drug-likeness (QED) is 0.265. The first-order chi connectivity index (χ1) is 15.1. The molecule has 0 spiro atoms. The highest BCUT2D eigenvalue weighted by atomic mass is 16.6. The maximum absolute atomic E-state index is 12.9. The molecular weight excluding hydrogens is 392 g/mol. The molecule has 0 aliphatic carbocycles. The third kappa shape index (κ3) is 4.56. The molecule has 0 aliphatic rings. The molecule has 7 heteroatoms. The van der Waals surface area contributed by atoms with Crippen LogP contribution >= 0.6 is 0 Å². The number of aromatic amines is 1. The van der Waals surface area contributed by atoms with Crippen molar-refractivity contribution >= 4 is 17.8 Å². The topological polar surface area (TPSA) is 100 Å². The predicted molar refractivity (Wildman–Crippen MR) is 120 cm³/mol. The minimum Gasteiger partial charge on any atom is -0.350 e. The maximum Gasteiger partial charge on any atom is 0.288 e. The fourth-order valence-corrected chi connectivity index (χ4v) is 3.16. The number of hydrogen-bond donors (Lipinski definition) is 2. The van der Waals surface area contributed by atoms with E-state index >= 15 is 0 Å². The summed E-state index contributed by atoms with van der Waals surface area (Å²) in [5.74, 6) is -0.390. The number of nitro benzene ring substituents is 1. The summed E-state index contributed by atoms with van der Waals surface area (Å²) in [5, 5.41) is 14.7. The molecule has 0 aliphatic heterocycles. The number of amides is 1. The Morgan fingerprint density at radius 1 is 0.903 bits per heavy atom. The van der Waals surface area contributed by atoms with Gasteiger partial charge in [0, 0.05) is 23.4 Å². The number of nitro groups is 1. The van der Waals surface area contributed by atoms with Gasteiger partial charge in [-0.1, -0.05) is 60.7 Å². The molecule has 0 unspecified atom stereocenters. The summed E-state index contributed by atoms with van der Waals surface area (Å²) in [4.78, 5) is 26.3. The van der Waals surface area contributed by atoms with E-state index in [2.05, 4.69) is 15.5 Å². The molecule has 0 saturated carbocycles. The Labute approximate surface area is 178 Å². The molecule has 2 N–H and O–H groups in total. The number of carbonyl (C=O) groups is 1. The van der Waals surface area contributed by atoms with Gasteiger partial charge in [-0.05, 0) is 34.9 Å². The van der Waals surface area contributed by atoms with Gasteiger partial charge in [-0.2, -0.15) is 5.10 Å². The number of H-pyrrole nitrogens is 1. The van der Waals surface area contributed by atoms with Gasteiger partial charge in [0.25, 0.3) is 11.6 Å². The molecule has 0 fully saturated rings. The van der Waals surface area contributed by atoms with Crippen LogP contribution in [0.2, 0.25) is 0 Å². The van der Waals surface area contributed by atoms with Gasteiger partial charge in [-0.3, -0.25) is 14.9 Å². The Bertz CT molecular complexity index is 1230. The van der Waals surface area contributed by atoms with Crippen LogP contribution in [0.15, 0.2) is 96.1 Å². The number of aromatic nitrogens is 1. The lowest BCUT2D eigenvalue weighted by atomic mass is 10.0. The van der Waals surface area contributed by atoms with Gasteiger partial charge in [0.05, 0.1) is 11.1 Å². The summed E-state index contributed by atoms with van der Waals surface area (Å²) in [6.07, 6.45) is 1.44. The maximum atomic E-state index is 12.9. The van der Waals surface area contributed by atoms with Crippen LogP contribution in [0.4, 0.5) is 5.69 Å². The van der Waals surface area contributed by atoms with Crippen LogP contribution in [0.25, 0.3) is 22.4 Å². The average molecular weight is 410 g/mol. The van der Waals surface area contributed by atoms with Gasteiger partial charge in [0.1, 0.15) is 5.69 Å². The van der Waals surface area contributed by atoms with Crippen molar-refractivity contribution in [3.63, 3.8) is 0 Å². The number of nitrogens with zero attached hydrogens (tertiary/aromatic N) is 2. The average Bonchev–Trinajstić information content (AvgIpc) is 3.26. The van der Waals surface area contributed by atoms with E-state index in [0.29, 0.717) is 11.3 Å². The molecule has 3 aromatic carbocycles. The summed E-state index contributed by atoms with van der Waals surface area (Å²) >= 11 is 0. The van der Waals surface area contributed by atoms with Gasteiger partial charge < -0.3 is 4.98 Å². The van der Waals surface area contributed by atoms with Crippen LogP contribution in [0.5, 0.6) is 0 Å². The molecule has 1 aromatic heterocycles. The molecule has 152 valence electrons. The van der Waals surface area contributed by atoms with Crippen LogP contribution in [0, 0.1) is 10.1 Å². The fraction of sp³-hybridized carbons (Fsp3) is 0. The van der Waals surface area contributed by atoms with Crippen molar-refractivity contribution in [1.82, 2.24) is 10.4 Å². The van der Waals surface area contributed by atoms with Gasteiger partial charge in [-0.15, -0.1) is 0 Å². The number of nitrogens with one attached hydrogen (secondary N) is 2. The van der Waals surface area contributed by atoms with E-state index in [9.17, 15) is 14.9 Å². The van der Waals surface area contributed by atoms with Crippen molar-refractivity contribution in [2.75, 3.05) is 0 Å². The second-order valence-electron chi connectivity index (χ2n) is 6.75. The third-order valence-corrected chi connectivity index (χ3v) is 4.70. The normalized spacial score (nSPS) is 10.8. The van der Waals surface area contributed by atoms with Crippen molar-refractivity contribution in [3.05, 3.63) is 112 Å². The molecule has 31 heavy (non-hydrogen) atoms. The zero-order valence-electron chi connectivity index (χ0n) is 16.4. The van der Waals surface area contributed by atoms with Crippen LogP contribution in [-0.2, 0) is 0 Å². The van der Waals surface area contributed by atoms with E-state index in [1.807, 2.05) is 66.7 Å². The number of hydrogen-bond acceptors (Lipinski definition) is 4. The lowest BCUT2D eigenvalue weighted by Gasteiger charge is -2.03. The summed E-state index contributed by atoms with van der Waals surface area (Å²) in [7, 11) is 0. The van der Waals surface area contributed by atoms with Crippen molar-refractivity contribution in [2.24, 2.45) is 5.10 Å². The number of rotatable bonds is 6. The standard InChI is InChI=1S/C24H18N4O3/c29-24(27-25-16-17-11-13-20(14-12-17)28(30)31)23-21(18-7-3-1-4-8-18)15-22(26-23)19-9-5-2-6-10-19/h1-16,26H,(H,27,29). The highest BCUT2D eigenvalue weighted by molar-refractivity contribution is 6.01. The Balaban J connectivity index is 1.59. The second kappa shape index (κ2) is 8.87. The number of benzene rings is 3. The summed E-state index contributed by atoms with van der Waals surface area (Å²) in [5.41, 5.74) is 7.01. The van der Waals surface area contributed by atoms with Crippen LogP contribution < -0.4 is 5.43 Å². The Hall–Kier alpha value is -4.52. The number of carbonyl (C=O) groups excluding carboxylic acids is 1. The van der Waals surface area contributed by atoms with Gasteiger partial charge in [0.15, 0.2) is 0 Å². The first kappa shape index (κ1) is 19.8. The van der Waals surface area contributed by atoms with Crippen molar-refractivity contribution in [3.8, 4) is 22.4 Å². The predicted octanol–water partition coefficient (Wildman–Crippen LogP) is 5.02. The van der Waals surface area contributed by atoms with Crippen LogP contribution in [-0.4, -0.2) is 22.0 Å². The third-order valence-electron chi connectivity index (χ3n) is 4.70. The highest BCUT2D eigenvalue weighted by Crippen LogP contribution is 2.29. The van der Waals surface area contributed by atoms with Crippen molar-refractivity contribution in [2.45, 2.75) is 0 Å². The van der Waals surface area contributed by atoms with Gasteiger partial charge in [-0.25, -0.2) is 5.43 Å². The van der Waals surface area contributed by atoms with E-state index in [4.69, 9.17) is 0 Å². The Morgan fingerprint density at radius 2 is 1.52 bits per heavy atom. The highest BCUT2D eigenvalue weighted by Gasteiger charge is 2.17. The minimum absolute atomic E-state index is 0.00600. The minimum atomic E-state index is -0.469. The molecule has 1 heterocycles. The molecule has 0 saturated heterocycles. The zero-order valence-corrected chi connectivity index (χ0v) is 16.4. The van der Waals surface area contributed by atoms with E-state index < -0.39 is 4.92 Å².